The van der Waals surface area contributed by atoms with E-state index in [1.807, 2.05) is 18.2 Å². The van der Waals surface area contributed by atoms with Crippen molar-refractivity contribution >= 4 is 22.2 Å². The molecule has 1 nitrogen and oxygen atoms in total. The van der Waals surface area contributed by atoms with Gasteiger partial charge in [0, 0.05) is 33.1 Å². The number of H-pyrrole nitrogens is 1. The SMILES string of the molecule is CC(C#Cc1ccccc1)(c1cccs1)c1c[nH]c2ccccc12. The Balaban J connectivity index is 1.91. The average Bonchev–Trinajstić information content (AvgIpc) is 3.31. The number of nitrogens with one attached hydrogen (secondary N) is 1. The number of thiophene rings is 1. The lowest BCUT2D eigenvalue weighted by molar-refractivity contribution is 0.780. The van der Waals surface area contributed by atoms with Gasteiger partial charge in [-0.05, 0) is 36.6 Å². The molecular formula is C22H17NS. The smallest absolute Gasteiger partial charge is 0.0900 e. The van der Waals surface area contributed by atoms with Crippen LogP contribution in [0.1, 0.15) is 22.9 Å². The van der Waals surface area contributed by atoms with Gasteiger partial charge in [-0.25, -0.2) is 0 Å². The normalized spacial score (nSPS) is 13.2. The summed E-state index contributed by atoms with van der Waals surface area (Å²) < 4.78 is 0. The van der Waals surface area contributed by atoms with E-state index >= 15 is 0 Å². The monoisotopic (exact) mass is 327 g/mol. The number of aromatic nitrogens is 1. The Morgan fingerprint density at radius 3 is 2.50 bits per heavy atom. The predicted molar refractivity (Wildman–Crippen MR) is 102 cm³/mol. The molecule has 1 unspecified atom stereocenters. The summed E-state index contributed by atoms with van der Waals surface area (Å²) in [5.41, 5.74) is 3.07. The summed E-state index contributed by atoms with van der Waals surface area (Å²) in [5, 5.41) is 3.35. The summed E-state index contributed by atoms with van der Waals surface area (Å²) in [6.45, 7) is 2.21. The summed E-state index contributed by atoms with van der Waals surface area (Å²) in [4.78, 5) is 4.65. The van der Waals surface area contributed by atoms with Gasteiger partial charge in [-0.15, -0.1) is 11.3 Å². The third-order valence-corrected chi connectivity index (χ3v) is 5.46. The van der Waals surface area contributed by atoms with Crippen LogP contribution in [0.25, 0.3) is 10.9 Å². The second-order valence-corrected chi connectivity index (χ2v) is 6.91. The van der Waals surface area contributed by atoms with Crippen LogP contribution >= 0.6 is 11.3 Å². The highest BCUT2D eigenvalue weighted by molar-refractivity contribution is 7.10. The molecule has 0 fully saturated rings. The summed E-state index contributed by atoms with van der Waals surface area (Å²) in [6.07, 6.45) is 2.10. The molecule has 0 radical (unpaired) electrons. The molecule has 24 heavy (non-hydrogen) atoms. The average molecular weight is 327 g/mol. The fourth-order valence-corrected chi connectivity index (χ4v) is 3.89. The van der Waals surface area contributed by atoms with Gasteiger partial charge in [0.25, 0.3) is 0 Å². The van der Waals surface area contributed by atoms with Crippen LogP contribution < -0.4 is 0 Å². The Hall–Kier alpha value is -2.76. The first-order valence-corrected chi connectivity index (χ1v) is 8.84. The number of benzene rings is 2. The van der Waals surface area contributed by atoms with Crippen LogP contribution in [0.4, 0.5) is 0 Å². The fourth-order valence-electron chi connectivity index (χ4n) is 3.03. The second-order valence-electron chi connectivity index (χ2n) is 5.97. The van der Waals surface area contributed by atoms with Crippen molar-refractivity contribution in [3.05, 3.63) is 94.3 Å². The van der Waals surface area contributed by atoms with Gasteiger partial charge in [0.15, 0.2) is 0 Å². The summed E-state index contributed by atoms with van der Waals surface area (Å²) >= 11 is 1.76. The van der Waals surface area contributed by atoms with E-state index in [9.17, 15) is 0 Å². The highest BCUT2D eigenvalue weighted by atomic mass is 32.1. The predicted octanol–water partition coefficient (Wildman–Crippen LogP) is 5.59. The molecule has 0 amide bonds. The van der Waals surface area contributed by atoms with Gasteiger partial charge >= 0.3 is 0 Å². The molecule has 116 valence electrons. The zero-order valence-electron chi connectivity index (χ0n) is 13.4. The van der Waals surface area contributed by atoms with Gasteiger partial charge in [0.2, 0.25) is 0 Å². The number of hydrogen-bond donors (Lipinski definition) is 1. The Labute approximate surface area is 146 Å². The van der Waals surface area contributed by atoms with Crippen LogP contribution in [-0.2, 0) is 5.41 Å². The van der Waals surface area contributed by atoms with Gasteiger partial charge in [0.05, 0.1) is 5.41 Å². The highest BCUT2D eigenvalue weighted by Gasteiger charge is 2.30. The maximum atomic E-state index is 3.55. The molecule has 1 atom stereocenters. The molecule has 0 saturated heterocycles. The molecule has 0 spiro atoms. The molecule has 2 heterocycles. The zero-order valence-corrected chi connectivity index (χ0v) is 14.2. The van der Waals surface area contributed by atoms with Crippen LogP contribution in [0, 0.1) is 11.8 Å². The van der Waals surface area contributed by atoms with Crippen molar-refractivity contribution in [1.29, 1.82) is 0 Å². The fraction of sp³-hybridized carbons (Fsp3) is 0.0909. The Bertz CT molecular complexity index is 1020. The van der Waals surface area contributed by atoms with Gasteiger partial charge in [-0.2, -0.15) is 0 Å². The van der Waals surface area contributed by atoms with Crippen molar-refractivity contribution in [1.82, 2.24) is 4.98 Å². The van der Waals surface area contributed by atoms with E-state index < -0.39 is 0 Å². The molecule has 0 bridgehead atoms. The molecule has 0 aliphatic carbocycles. The van der Waals surface area contributed by atoms with Crippen molar-refractivity contribution in [2.24, 2.45) is 0 Å². The largest absolute Gasteiger partial charge is 0.361 e. The molecule has 4 rings (SSSR count). The Morgan fingerprint density at radius 1 is 0.917 bits per heavy atom. The van der Waals surface area contributed by atoms with Crippen LogP contribution in [0.15, 0.2) is 78.3 Å². The molecule has 2 aromatic heterocycles. The second kappa shape index (κ2) is 6.03. The van der Waals surface area contributed by atoms with E-state index in [4.69, 9.17) is 0 Å². The number of rotatable bonds is 2. The molecule has 0 aliphatic heterocycles. The summed E-state index contributed by atoms with van der Waals surface area (Å²) in [6, 6.07) is 22.9. The minimum absolute atomic E-state index is 0.344. The Morgan fingerprint density at radius 2 is 1.71 bits per heavy atom. The number of fused-ring (bicyclic) bond motifs is 1. The molecule has 2 heteroatoms. The van der Waals surface area contributed by atoms with Crippen molar-refractivity contribution in [2.45, 2.75) is 12.3 Å². The summed E-state index contributed by atoms with van der Waals surface area (Å²) in [7, 11) is 0. The van der Waals surface area contributed by atoms with E-state index in [-0.39, 0.29) is 5.41 Å². The van der Waals surface area contributed by atoms with Crippen LogP contribution in [0.2, 0.25) is 0 Å². The van der Waals surface area contributed by atoms with Gasteiger partial charge in [-0.3, -0.25) is 0 Å². The third-order valence-electron chi connectivity index (χ3n) is 4.37. The first-order chi connectivity index (χ1) is 11.8. The van der Waals surface area contributed by atoms with Crippen LogP contribution in [0.5, 0.6) is 0 Å². The first-order valence-electron chi connectivity index (χ1n) is 7.96. The number of hydrogen-bond acceptors (Lipinski definition) is 1. The molecule has 4 aromatic rings. The van der Waals surface area contributed by atoms with Gasteiger partial charge in [-0.1, -0.05) is 54.3 Å². The topological polar surface area (TPSA) is 15.8 Å². The van der Waals surface area contributed by atoms with E-state index in [1.165, 1.54) is 15.8 Å². The first kappa shape index (κ1) is 14.8. The molecule has 0 aliphatic rings. The van der Waals surface area contributed by atoms with Crippen molar-refractivity contribution < 1.29 is 0 Å². The molecule has 0 saturated carbocycles. The van der Waals surface area contributed by atoms with Crippen LogP contribution in [-0.4, -0.2) is 4.98 Å². The zero-order chi connectivity index (χ0) is 16.4. The maximum absolute atomic E-state index is 3.55. The quantitative estimate of drug-likeness (QED) is 0.462. The highest BCUT2D eigenvalue weighted by Crippen LogP contribution is 2.38. The molecule has 1 N–H and O–H groups in total. The van der Waals surface area contributed by atoms with Crippen LogP contribution in [0.3, 0.4) is 0 Å². The van der Waals surface area contributed by atoms with Crippen molar-refractivity contribution in [3.63, 3.8) is 0 Å². The van der Waals surface area contributed by atoms with Gasteiger partial charge in [0.1, 0.15) is 0 Å². The minimum Gasteiger partial charge on any atom is -0.361 e. The van der Waals surface area contributed by atoms with E-state index in [0.717, 1.165) is 11.1 Å². The lowest BCUT2D eigenvalue weighted by Gasteiger charge is -2.22. The third kappa shape index (κ3) is 2.54. The molecular weight excluding hydrogens is 310 g/mol. The molecule has 2 aromatic carbocycles. The maximum Gasteiger partial charge on any atom is 0.0900 e. The lowest BCUT2D eigenvalue weighted by atomic mass is 9.81. The lowest BCUT2D eigenvalue weighted by Crippen LogP contribution is -2.19. The van der Waals surface area contributed by atoms with Crippen molar-refractivity contribution in [3.8, 4) is 11.8 Å². The summed E-state index contributed by atoms with van der Waals surface area (Å²) in [5.74, 6) is 6.92. The number of aromatic amines is 1. The standard InChI is InChI=1S/C22H17NS/c1-22(21-12-7-15-24-21,14-13-17-8-3-2-4-9-17)19-16-23-20-11-6-5-10-18(19)20/h2-12,15-16,23H,1H3. The number of para-hydroxylation sites is 1. The van der Waals surface area contributed by atoms with E-state index in [2.05, 4.69) is 83.9 Å². The van der Waals surface area contributed by atoms with Gasteiger partial charge < -0.3 is 4.98 Å². The minimum atomic E-state index is -0.344. The van der Waals surface area contributed by atoms with E-state index in [0.29, 0.717) is 0 Å². The van der Waals surface area contributed by atoms with E-state index in [1.54, 1.807) is 11.3 Å². The Kier molecular flexibility index (Phi) is 3.72. The van der Waals surface area contributed by atoms with Crippen molar-refractivity contribution in [2.75, 3.05) is 0 Å².